The highest BCUT2D eigenvalue weighted by Crippen LogP contribution is 2.35. The summed E-state index contributed by atoms with van der Waals surface area (Å²) in [5.74, 6) is -1.66. The summed E-state index contributed by atoms with van der Waals surface area (Å²) in [6.07, 6.45) is 4.47. The zero-order valence-electron chi connectivity index (χ0n) is 15.2. The summed E-state index contributed by atoms with van der Waals surface area (Å²) < 4.78 is 10.9. The quantitative estimate of drug-likeness (QED) is 0.473. The summed E-state index contributed by atoms with van der Waals surface area (Å²) in [6.45, 7) is 11.0. The van der Waals surface area contributed by atoms with Crippen molar-refractivity contribution >= 4 is 11.9 Å². The van der Waals surface area contributed by atoms with Gasteiger partial charge in [0, 0.05) is 11.1 Å². The van der Waals surface area contributed by atoms with Gasteiger partial charge in [0.15, 0.2) is 0 Å². The van der Waals surface area contributed by atoms with Crippen molar-refractivity contribution in [1.82, 2.24) is 0 Å². The van der Waals surface area contributed by atoms with Gasteiger partial charge in [-0.2, -0.15) is 0 Å². The molecule has 4 atom stereocenters. The van der Waals surface area contributed by atoms with Crippen LogP contribution in [0.1, 0.15) is 40.5 Å². The van der Waals surface area contributed by atoms with E-state index in [9.17, 15) is 14.7 Å². The molecule has 1 fully saturated rings. The largest absolute Gasteiger partial charge is 0.454 e. The highest BCUT2D eigenvalue weighted by molar-refractivity contribution is 5.91. The van der Waals surface area contributed by atoms with E-state index in [0.717, 1.165) is 24.0 Å². The molecule has 0 amide bonds. The zero-order valence-corrected chi connectivity index (χ0v) is 15.2. The fourth-order valence-electron chi connectivity index (χ4n) is 3.10. The highest BCUT2D eigenvalue weighted by Gasteiger charge is 2.46. The first kappa shape index (κ1) is 19.2. The standard InChI is InChI=1S/C20H26O5/c1-6-12(3)19(22)25-18-13(4)9-7-8-11(2)10-15-16(17(18)21)14(5)20(23)24-15/h6,9-10,15-18,21H,5,7-8H2,1-4H3/b11-10+,12-6+,13-9+/t15-,16+,17+,18+/m0/s1. The van der Waals surface area contributed by atoms with Crippen molar-refractivity contribution in [2.45, 2.75) is 58.8 Å². The second-order valence-corrected chi connectivity index (χ2v) is 6.71. The highest BCUT2D eigenvalue weighted by atomic mass is 16.6. The van der Waals surface area contributed by atoms with Crippen molar-refractivity contribution in [1.29, 1.82) is 0 Å². The predicted molar refractivity (Wildman–Crippen MR) is 94.6 cm³/mol. The van der Waals surface area contributed by atoms with Crippen LogP contribution in [-0.2, 0) is 19.1 Å². The fraction of sp³-hybridized carbons (Fsp3) is 0.500. The van der Waals surface area contributed by atoms with E-state index in [4.69, 9.17) is 9.47 Å². The minimum absolute atomic E-state index is 0.207. The van der Waals surface area contributed by atoms with Crippen LogP contribution >= 0.6 is 0 Å². The third kappa shape index (κ3) is 4.10. The molecule has 1 heterocycles. The molecular weight excluding hydrogens is 320 g/mol. The SMILES string of the molecule is C=C1C(=O)O[C@H]2/C=C(\C)CC/C=C(\C)[C@@H](OC(=O)/C(C)=C/C)[C@H](O)[C@H]12. The number of hydrogen-bond donors (Lipinski definition) is 1. The van der Waals surface area contributed by atoms with Crippen LogP contribution in [0.2, 0.25) is 0 Å². The van der Waals surface area contributed by atoms with Crippen LogP contribution in [0.3, 0.4) is 0 Å². The van der Waals surface area contributed by atoms with Crippen molar-refractivity contribution in [3.63, 3.8) is 0 Å². The van der Waals surface area contributed by atoms with Gasteiger partial charge < -0.3 is 14.6 Å². The van der Waals surface area contributed by atoms with Crippen LogP contribution in [-0.4, -0.2) is 35.4 Å². The lowest BCUT2D eigenvalue weighted by Crippen LogP contribution is -2.41. The Bertz CT molecular complexity index is 668. The molecule has 25 heavy (non-hydrogen) atoms. The van der Waals surface area contributed by atoms with Crippen molar-refractivity contribution < 1.29 is 24.2 Å². The lowest BCUT2D eigenvalue weighted by Gasteiger charge is -2.30. The summed E-state index contributed by atoms with van der Waals surface area (Å²) >= 11 is 0. The van der Waals surface area contributed by atoms with Crippen LogP contribution in [0, 0.1) is 5.92 Å². The molecule has 2 rings (SSSR count). The second-order valence-electron chi connectivity index (χ2n) is 6.71. The van der Waals surface area contributed by atoms with Crippen LogP contribution in [0.5, 0.6) is 0 Å². The minimum atomic E-state index is -1.11. The first-order valence-electron chi connectivity index (χ1n) is 8.52. The molecule has 1 N–H and O–H groups in total. The molecule has 0 radical (unpaired) electrons. The monoisotopic (exact) mass is 346 g/mol. The number of aliphatic hydroxyl groups excluding tert-OH is 1. The van der Waals surface area contributed by atoms with Gasteiger partial charge in [0.1, 0.15) is 18.3 Å². The van der Waals surface area contributed by atoms with Crippen molar-refractivity contribution in [3.05, 3.63) is 47.1 Å². The number of esters is 2. The summed E-state index contributed by atoms with van der Waals surface area (Å²) in [6, 6.07) is 0. The molecule has 1 saturated heterocycles. The molecule has 5 heteroatoms. The van der Waals surface area contributed by atoms with E-state index in [-0.39, 0.29) is 5.57 Å². The van der Waals surface area contributed by atoms with Gasteiger partial charge >= 0.3 is 11.9 Å². The van der Waals surface area contributed by atoms with Crippen molar-refractivity contribution in [2.75, 3.05) is 0 Å². The number of carbonyl (C=O) groups excluding carboxylic acids is 2. The number of fused-ring (bicyclic) bond motifs is 1. The molecule has 0 unspecified atom stereocenters. The first-order chi connectivity index (χ1) is 11.8. The Labute approximate surface area is 148 Å². The van der Waals surface area contributed by atoms with Crippen LogP contribution in [0.25, 0.3) is 0 Å². The van der Waals surface area contributed by atoms with E-state index in [1.807, 2.05) is 26.0 Å². The second kappa shape index (κ2) is 7.83. The molecule has 1 aliphatic heterocycles. The van der Waals surface area contributed by atoms with Crippen molar-refractivity contribution in [3.8, 4) is 0 Å². The van der Waals surface area contributed by atoms with Crippen LogP contribution in [0.15, 0.2) is 47.1 Å². The first-order valence-corrected chi connectivity index (χ1v) is 8.52. The van der Waals surface area contributed by atoms with E-state index < -0.39 is 36.2 Å². The Kier molecular flexibility index (Phi) is 6.01. The summed E-state index contributed by atoms with van der Waals surface area (Å²) in [5, 5.41) is 10.9. The summed E-state index contributed by atoms with van der Waals surface area (Å²) in [4.78, 5) is 24.2. The molecule has 136 valence electrons. The third-order valence-electron chi connectivity index (χ3n) is 4.83. The van der Waals surface area contributed by atoms with Crippen LogP contribution in [0.4, 0.5) is 0 Å². The van der Waals surface area contributed by atoms with E-state index in [0.29, 0.717) is 5.57 Å². The molecule has 5 nitrogen and oxygen atoms in total. The Morgan fingerprint density at radius 3 is 2.76 bits per heavy atom. The topological polar surface area (TPSA) is 72.8 Å². The van der Waals surface area contributed by atoms with E-state index in [1.165, 1.54) is 0 Å². The predicted octanol–water partition coefficient (Wildman–Crippen LogP) is 3.01. The van der Waals surface area contributed by atoms with Gasteiger partial charge in [-0.3, -0.25) is 0 Å². The van der Waals surface area contributed by atoms with E-state index in [1.54, 1.807) is 19.9 Å². The van der Waals surface area contributed by atoms with Gasteiger partial charge in [-0.25, -0.2) is 9.59 Å². The average molecular weight is 346 g/mol. The number of carbonyl (C=O) groups is 2. The molecule has 0 saturated carbocycles. The van der Waals surface area contributed by atoms with E-state index >= 15 is 0 Å². The van der Waals surface area contributed by atoms with Gasteiger partial charge in [-0.05, 0) is 52.2 Å². The van der Waals surface area contributed by atoms with E-state index in [2.05, 4.69) is 6.58 Å². The third-order valence-corrected chi connectivity index (χ3v) is 4.83. The Balaban J connectivity index is 2.40. The number of allylic oxidation sites excluding steroid dienone is 3. The lowest BCUT2D eigenvalue weighted by atomic mass is 9.84. The van der Waals surface area contributed by atoms with Crippen molar-refractivity contribution in [2.24, 2.45) is 5.92 Å². The Morgan fingerprint density at radius 1 is 1.44 bits per heavy atom. The molecule has 0 bridgehead atoms. The molecule has 0 aromatic rings. The number of aliphatic hydroxyl groups is 1. The van der Waals surface area contributed by atoms with Gasteiger partial charge in [0.05, 0.1) is 5.92 Å². The van der Waals surface area contributed by atoms with Gasteiger partial charge in [0.25, 0.3) is 0 Å². The molecule has 1 aliphatic carbocycles. The van der Waals surface area contributed by atoms with Gasteiger partial charge in [0.2, 0.25) is 0 Å². The smallest absolute Gasteiger partial charge is 0.334 e. The molecule has 0 spiro atoms. The molecule has 0 aromatic heterocycles. The fourth-order valence-corrected chi connectivity index (χ4v) is 3.10. The minimum Gasteiger partial charge on any atom is -0.454 e. The molecular formula is C20H26O5. The molecule has 0 aromatic carbocycles. The summed E-state index contributed by atoms with van der Waals surface area (Å²) in [7, 11) is 0. The zero-order chi connectivity index (χ0) is 18.7. The maximum absolute atomic E-state index is 12.2. The number of ether oxygens (including phenoxy) is 2. The summed E-state index contributed by atoms with van der Waals surface area (Å²) in [5.41, 5.74) is 2.50. The average Bonchev–Trinajstić information content (AvgIpc) is 2.84. The number of hydrogen-bond acceptors (Lipinski definition) is 5. The van der Waals surface area contributed by atoms with Gasteiger partial charge in [-0.1, -0.05) is 24.3 Å². The number of rotatable bonds is 2. The van der Waals surface area contributed by atoms with Gasteiger partial charge in [-0.15, -0.1) is 0 Å². The Morgan fingerprint density at radius 2 is 2.12 bits per heavy atom. The maximum Gasteiger partial charge on any atom is 0.334 e. The lowest BCUT2D eigenvalue weighted by molar-refractivity contribution is -0.150. The normalized spacial score (nSPS) is 35.0. The maximum atomic E-state index is 12.2. The molecule has 2 aliphatic rings. The Hall–Kier alpha value is -2.14. The van der Waals surface area contributed by atoms with Crippen LogP contribution < -0.4 is 0 Å².